The van der Waals surface area contributed by atoms with Gasteiger partial charge in [0.1, 0.15) is 0 Å². The first-order chi connectivity index (χ1) is 4.81. The molecule has 1 nitrogen and oxygen atoms in total. The molecular formula is C8H17ClO. The Morgan fingerprint density at radius 1 is 1.30 bits per heavy atom. The molecule has 0 aliphatic carbocycles. The predicted octanol–water partition coefficient (Wildman–Crippen LogP) is 2.56. The number of hydrogen-bond donors (Lipinski definition) is 1. The lowest BCUT2D eigenvalue weighted by Crippen LogP contribution is -2.06. The van der Waals surface area contributed by atoms with Gasteiger partial charge in [0.15, 0.2) is 0 Å². The van der Waals surface area contributed by atoms with Gasteiger partial charge in [0.25, 0.3) is 0 Å². The maximum atomic E-state index is 9.19. The summed E-state index contributed by atoms with van der Waals surface area (Å²) in [4.78, 5) is 0. The van der Waals surface area contributed by atoms with E-state index in [9.17, 15) is 5.11 Å². The Hall–Kier alpha value is 0.250. The molecule has 0 bridgehead atoms. The van der Waals surface area contributed by atoms with Crippen LogP contribution in [-0.4, -0.2) is 17.1 Å². The van der Waals surface area contributed by atoms with Gasteiger partial charge in [0.05, 0.1) is 6.10 Å². The van der Waals surface area contributed by atoms with Gasteiger partial charge in [-0.05, 0) is 12.8 Å². The smallest absolute Gasteiger partial charge is 0.0551 e. The van der Waals surface area contributed by atoms with Gasteiger partial charge in [-0.25, -0.2) is 0 Å². The number of aliphatic hydroxyl groups is 1. The summed E-state index contributed by atoms with van der Waals surface area (Å²) in [6.07, 6.45) is 5.07. The van der Waals surface area contributed by atoms with E-state index in [-0.39, 0.29) is 6.10 Å². The van der Waals surface area contributed by atoms with Gasteiger partial charge in [-0.1, -0.05) is 26.2 Å². The third-order valence-corrected chi connectivity index (χ3v) is 1.80. The molecule has 0 amide bonds. The first-order valence-corrected chi connectivity index (χ1v) is 4.58. The number of hydrogen-bond acceptors (Lipinski definition) is 1. The maximum Gasteiger partial charge on any atom is 0.0551 e. The summed E-state index contributed by atoms with van der Waals surface area (Å²) in [5.41, 5.74) is 0. The van der Waals surface area contributed by atoms with Gasteiger partial charge < -0.3 is 5.11 Å². The summed E-state index contributed by atoms with van der Waals surface area (Å²) in [5.74, 6) is 0.577. The number of unbranched alkanes of at least 4 members (excludes halogenated alkanes) is 2. The minimum Gasteiger partial charge on any atom is -0.393 e. The molecule has 0 heterocycles. The van der Waals surface area contributed by atoms with Gasteiger partial charge in [-0.15, -0.1) is 11.6 Å². The minimum absolute atomic E-state index is 0.163. The number of rotatable bonds is 6. The van der Waals surface area contributed by atoms with Gasteiger partial charge in [0, 0.05) is 5.88 Å². The highest BCUT2D eigenvalue weighted by Gasteiger charge is 2.00. The molecule has 0 radical (unpaired) electrons. The first-order valence-electron chi connectivity index (χ1n) is 4.05. The van der Waals surface area contributed by atoms with Crippen molar-refractivity contribution in [3.05, 3.63) is 0 Å². The molecule has 0 aliphatic heterocycles. The fraction of sp³-hybridized carbons (Fsp3) is 1.00. The van der Waals surface area contributed by atoms with Crippen LogP contribution in [-0.2, 0) is 0 Å². The van der Waals surface area contributed by atoms with Crippen molar-refractivity contribution < 1.29 is 5.11 Å². The lowest BCUT2D eigenvalue weighted by molar-refractivity contribution is 0.157. The zero-order valence-corrected chi connectivity index (χ0v) is 7.40. The Morgan fingerprint density at radius 2 is 2.00 bits per heavy atom. The van der Waals surface area contributed by atoms with E-state index >= 15 is 0 Å². The second-order valence-corrected chi connectivity index (χ2v) is 3.01. The summed E-state index contributed by atoms with van der Waals surface area (Å²) in [5, 5.41) is 9.19. The van der Waals surface area contributed by atoms with Crippen molar-refractivity contribution in [2.75, 3.05) is 5.88 Å². The van der Waals surface area contributed by atoms with E-state index in [1.54, 1.807) is 0 Å². The quantitative estimate of drug-likeness (QED) is 0.473. The van der Waals surface area contributed by atoms with Crippen LogP contribution in [0.4, 0.5) is 0 Å². The lowest BCUT2D eigenvalue weighted by Gasteiger charge is -2.06. The molecule has 0 rings (SSSR count). The highest BCUT2D eigenvalue weighted by atomic mass is 35.5. The van der Waals surface area contributed by atoms with Crippen molar-refractivity contribution in [3.63, 3.8) is 0 Å². The average molecular weight is 165 g/mol. The SMILES string of the molecule is CCCCC[C@H](O)CCCl. The van der Waals surface area contributed by atoms with Gasteiger partial charge in [-0.3, -0.25) is 0 Å². The van der Waals surface area contributed by atoms with E-state index in [4.69, 9.17) is 11.6 Å². The first kappa shape index (κ1) is 10.2. The molecule has 0 aliphatic rings. The molecule has 0 fully saturated rings. The molecule has 0 spiro atoms. The second kappa shape index (κ2) is 7.36. The number of alkyl halides is 1. The third-order valence-electron chi connectivity index (χ3n) is 1.58. The van der Waals surface area contributed by atoms with Crippen LogP contribution in [0.3, 0.4) is 0 Å². The lowest BCUT2D eigenvalue weighted by atomic mass is 10.1. The Morgan fingerprint density at radius 3 is 2.50 bits per heavy atom. The maximum absolute atomic E-state index is 9.19. The molecule has 1 N–H and O–H groups in total. The Labute approximate surface area is 68.4 Å². The molecular weight excluding hydrogens is 148 g/mol. The summed E-state index contributed by atoms with van der Waals surface area (Å²) < 4.78 is 0. The Kier molecular flexibility index (Phi) is 7.54. The van der Waals surface area contributed by atoms with E-state index in [0.29, 0.717) is 5.88 Å². The molecule has 0 aromatic heterocycles. The van der Waals surface area contributed by atoms with Gasteiger partial charge in [0.2, 0.25) is 0 Å². The van der Waals surface area contributed by atoms with Gasteiger partial charge >= 0.3 is 0 Å². The van der Waals surface area contributed by atoms with Crippen LogP contribution in [0.15, 0.2) is 0 Å². The zero-order valence-electron chi connectivity index (χ0n) is 6.65. The highest BCUT2D eigenvalue weighted by Crippen LogP contribution is 2.06. The van der Waals surface area contributed by atoms with Crippen LogP contribution < -0.4 is 0 Å². The van der Waals surface area contributed by atoms with Crippen molar-refractivity contribution in [2.24, 2.45) is 0 Å². The topological polar surface area (TPSA) is 20.2 Å². The van der Waals surface area contributed by atoms with Crippen molar-refractivity contribution in [1.82, 2.24) is 0 Å². The third kappa shape index (κ3) is 6.37. The van der Waals surface area contributed by atoms with Crippen molar-refractivity contribution >= 4 is 11.6 Å². The molecule has 0 saturated heterocycles. The molecule has 0 aromatic rings. The van der Waals surface area contributed by atoms with Crippen molar-refractivity contribution in [2.45, 2.75) is 45.1 Å². The van der Waals surface area contributed by atoms with E-state index in [2.05, 4.69) is 6.92 Å². The number of aliphatic hydroxyl groups excluding tert-OH is 1. The van der Waals surface area contributed by atoms with Crippen LogP contribution in [0.5, 0.6) is 0 Å². The largest absolute Gasteiger partial charge is 0.393 e. The predicted molar refractivity (Wildman–Crippen MR) is 45.5 cm³/mol. The molecule has 0 unspecified atom stereocenters. The van der Waals surface area contributed by atoms with Gasteiger partial charge in [-0.2, -0.15) is 0 Å². The standard InChI is InChI=1S/C8H17ClO/c1-2-3-4-5-8(10)6-7-9/h8,10H,2-7H2,1H3/t8-/m0/s1. The van der Waals surface area contributed by atoms with E-state index in [0.717, 1.165) is 19.3 Å². The molecule has 10 heavy (non-hydrogen) atoms. The number of halogens is 1. The van der Waals surface area contributed by atoms with Crippen LogP contribution in [0.1, 0.15) is 39.0 Å². The molecule has 62 valence electrons. The second-order valence-electron chi connectivity index (χ2n) is 2.63. The Balaban J connectivity index is 2.97. The van der Waals surface area contributed by atoms with E-state index in [1.165, 1.54) is 12.8 Å². The summed E-state index contributed by atoms with van der Waals surface area (Å²) in [6, 6.07) is 0. The van der Waals surface area contributed by atoms with Crippen LogP contribution in [0, 0.1) is 0 Å². The van der Waals surface area contributed by atoms with Crippen LogP contribution in [0.2, 0.25) is 0 Å². The summed E-state index contributed by atoms with van der Waals surface area (Å²) in [7, 11) is 0. The molecule has 2 heteroatoms. The molecule has 1 atom stereocenters. The van der Waals surface area contributed by atoms with E-state index in [1.807, 2.05) is 0 Å². The van der Waals surface area contributed by atoms with Crippen molar-refractivity contribution in [3.8, 4) is 0 Å². The molecule has 0 aromatic carbocycles. The summed E-state index contributed by atoms with van der Waals surface area (Å²) in [6.45, 7) is 2.16. The Bertz CT molecular complexity index is 66.3. The monoisotopic (exact) mass is 164 g/mol. The van der Waals surface area contributed by atoms with E-state index < -0.39 is 0 Å². The van der Waals surface area contributed by atoms with Crippen LogP contribution in [0.25, 0.3) is 0 Å². The fourth-order valence-corrected chi connectivity index (χ4v) is 1.15. The van der Waals surface area contributed by atoms with Crippen molar-refractivity contribution in [1.29, 1.82) is 0 Å². The highest BCUT2D eigenvalue weighted by molar-refractivity contribution is 6.17. The van der Waals surface area contributed by atoms with Crippen LogP contribution >= 0.6 is 11.6 Å². The fourth-order valence-electron chi connectivity index (χ4n) is 0.900. The summed E-state index contributed by atoms with van der Waals surface area (Å²) >= 11 is 5.45. The molecule has 0 saturated carbocycles. The normalized spacial score (nSPS) is 13.5. The zero-order chi connectivity index (χ0) is 7.82. The minimum atomic E-state index is -0.163. The average Bonchev–Trinajstić information content (AvgIpc) is 1.89.